The molecule has 2 rings (SSSR count). The number of ether oxygens (including phenoxy) is 1. The number of halogens is 1. The molecule has 21 heavy (non-hydrogen) atoms. The fourth-order valence-corrected chi connectivity index (χ4v) is 2.03. The highest BCUT2D eigenvalue weighted by Gasteiger charge is 2.07. The highest BCUT2D eigenvalue weighted by Crippen LogP contribution is 2.28. The molecule has 0 bridgehead atoms. The van der Waals surface area contributed by atoms with Crippen molar-refractivity contribution in [1.82, 2.24) is 0 Å². The maximum Gasteiger partial charge on any atom is 0.248 e. The Hall–Kier alpha value is -2.40. The first kappa shape index (κ1) is 15.0. The smallest absolute Gasteiger partial charge is 0.248 e. The number of anilines is 1. The number of amides is 1. The van der Waals surface area contributed by atoms with Gasteiger partial charge in [0.25, 0.3) is 0 Å². The van der Waals surface area contributed by atoms with Gasteiger partial charge in [0.2, 0.25) is 5.91 Å². The Morgan fingerprint density at radius 1 is 1.33 bits per heavy atom. The van der Waals surface area contributed by atoms with E-state index in [4.69, 9.17) is 22.1 Å². The second kappa shape index (κ2) is 6.37. The fraction of sp³-hybridized carbons (Fsp3) is 0.133. The molecule has 0 radical (unpaired) electrons. The Labute approximate surface area is 127 Å². The Bertz CT molecular complexity index is 674. The highest BCUT2D eigenvalue weighted by atomic mass is 35.5. The summed E-state index contributed by atoms with van der Waals surface area (Å²) in [5.41, 5.74) is 7.13. The third-order valence-electron chi connectivity index (χ3n) is 2.98. The van der Waals surface area contributed by atoms with Gasteiger partial charge in [-0.05, 0) is 35.9 Å². The van der Waals surface area contributed by atoms with Gasteiger partial charge in [-0.15, -0.1) is 0 Å². The Balaban J connectivity index is 2.16. The zero-order valence-electron chi connectivity index (χ0n) is 11.4. The molecule has 110 valence electrons. The number of phenols is 1. The molecule has 0 heterocycles. The van der Waals surface area contributed by atoms with Crippen LogP contribution in [0.2, 0.25) is 5.02 Å². The van der Waals surface area contributed by atoms with E-state index in [1.807, 2.05) is 0 Å². The molecule has 2 aromatic rings. The summed E-state index contributed by atoms with van der Waals surface area (Å²) in [4.78, 5) is 11.2. The van der Waals surface area contributed by atoms with Crippen molar-refractivity contribution in [2.75, 3.05) is 12.4 Å². The van der Waals surface area contributed by atoms with E-state index >= 15 is 0 Å². The molecule has 4 N–H and O–H groups in total. The molecule has 5 nitrogen and oxygen atoms in total. The Kier molecular flexibility index (Phi) is 4.55. The summed E-state index contributed by atoms with van der Waals surface area (Å²) in [6, 6.07) is 9.81. The predicted molar refractivity (Wildman–Crippen MR) is 82.0 cm³/mol. The SMILES string of the molecule is COc1cc(CNc2cc(C(N)=O)ccc2Cl)ccc1O. The lowest BCUT2D eigenvalue weighted by molar-refractivity contribution is 0.100. The van der Waals surface area contributed by atoms with Crippen LogP contribution in [-0.2, 0) is 6.54 Å². The molecule has 0 saturated heterocycles. The van der Waals surface area contributed by atoms with Crippen LogP contribution in [0.4, 0.5) is 5.69 Å². The average Bonchev–Trinajstić information content (AvgIpc) is 2.47. The van der Waals surface area contributed by atoms with Crippen LogP contribution in [0, 0.1) is 0 Å². The lowest BCUT2D eigenvalue weighted by Gasteiger charge is -2.11. The summed E-state index contributed by atoms with van der Waals surface area (Å²) in [5.74, 6) is -0.0395. The standard InChI is InChI=1S/C15H15ClN2O3/c1-21-14-6-9(2-5-13(14)19)8-18-12-7-10(15(17)20)3-4-11(12)16/h2-7,18-19H,8H2,1H3,(H2,17,20). The maximum atomic E-state index is 11.2. The number of aromatic hydroxyl groups is 1. The van der Waals surface area contributed by atoms with Gasteiger partial charge >= 0.3 is 0 Å². The van der Waals surface area contributed by atoms with E-state index < -0.39 is 5.91 Å². The number of nitrogens with one attached hydrogen (secondary N) is 1. The number of phenolic OH excluding ortho intramolecular Hbond substituents is 1. The maximum absolute atomic E-state index is 11.2. The van der Waals surface area contributed by atoms with Gasteiger partial charge < -0.3 is 20.9 Å². The van der Waals surface area contributed by atoms with E-state index in [0.29, 0.717) is 28.6 Å². The van der Waals surface area contributed by atoms with Crippen LogP contribution in [0.5, 0.6) is 11.5 Å². The molecular weight excluding hydrogens is 292 g/mol. The van der Waals surface area contributed by atoms with E-state index in [9.17, 15) is 9.90 Å². The zero-order chi connectivity index (χ0) is 15.4. The first-order valence-corrected chi connectivity index (χ1v) is 6.58. The number of benzene rings is 2. The number of nitrogens with two attached hydrogens (primary N) is 1. The summed E-state index contributed by atoms with van der Waals surface area (Å²) >= 11 is 6.07. The van der Waals surface area contributed by atoms with Crippen LogP contribution in [0.25, 0.3) is 0 Å². The molecule has 0 saturated carbocycles. The number of carbonyl (C=O) groups excluding carboxylic acids is 1. The van der Waals surface area contributed by atoms with Crippen LogP contribution in [0.15, 0.2) is 36.4 Å². The first-order chi connectivity index (χ1) is 10.0. The van der Waals surface area contributed by atoms with Crippen LogP contribution >= 0.6 is 11.6 Å². The fourth-order valence-electron chi connectivity index (χ4n) is 1.84. The number of primary amides is 1. The van der Waals surface area contributed by atoms with Gasteiger partial charge in [-0.3, -0.25) is 4.79 Å². The molecule has 0 fully saturated rings. The molecule has 0 unspecified atom stereocenters. The van der Waals surface area contributed by atoms with Crippen LogP contribution in [0.3, 0.4) is 0 Å². The predicted octanol–water partition coefficient (Wildman–Crippen LogP) is 2.77. The molecule has 0 aromatic heterocycles. The molecular formula is C15H15ClN2O3. The molecule has 0 aliphatic rings. The van der Waals surface area contributed by atoms with Crippen LogP contribution in [-0.4, -0.2) is 18.1 Å². The number of rotatable bonds is 5. The lowest BCUT2D eigenvalue weighted by atomic mass is 10.1. The summed E-state index contributed by atoms with van der Waals surface area (Å²) in [7, 11) is 1.49. The molecule has 0 aliphatic heterocycles. The topological polar surface area (TPSA) is 84.6 Å². The van der Waals surface area contributed by atoms with Gasteiger partial charge in [-0.1, -0.05) is 17.7 Å². The molecule has 0 spiro atoms. The molecule has 0 atom stereocenters. The Morgan fingerprint density at radius 2 is 2.10 bits per heavy atom. The van der Waals surface area contributed by atoms with Crippen molar-refractivity contribution in [3.63, 3.8) is 0 Å². The minimum Gasteiger partial charge on any atom is -0.504 e. The summed E-state index contributed by atoms with van der Waals surface area (Å²) in [6.07, 6.45) is 0. The van der Waals surface area contributed by atoms with Crippen molar-refractivity contribution in [3.05, 3.63) is 52.5 Å². The van der Waals surface area contributed by atoms with E-state index in [1.54, 1.807) is 36.4 Å². The van der Waals surface area contributed by atoms with Gasteiger partial charge in [0, 0.05) is 12.1 Å². The quantitative estimate of drug-likeness (QED) is 0.793. The number of hydrogen-bond donors (Lipinski definition) is 3. The van der Waals surface area contributed by atoms with E-state index in [0.717, 1.165) is 5.56 Å². The summed E-state index contributed by atoms with van der Waals surface area (Å²) in [5, 5.41) is 13.2. The van der Waals surface area contributed by atoms with E-state index in [1.165, 1.54) is 7.11 Å². The van der Waals surface area contributed by atoms with Gasteiger partial charge in [0.05, 0.1) is 17.8 Å². The van der Waals surface area contributed by atoms with Gasteiger partial charge in [-0.25, -0.2) is 0 Å². The van der Waals surface area contributed by atoms with Crippen molar-refractivity contribution in [2.45, 2.75) is 6.54 Å². The number of hydrogen-bond acceptors (Lipinski definition) is 4. The molecule has 6 heteroatoms. The minimum absolute atomic E-state index is 0.0787. The average molecular weight is 307 g/mol. The van der Waals surface area contributed by atoms with Gasteiger partial charge in [0.1, 0.15) is 0 Å². The normalized spacial score (nSPS) is 10.2. The molecule has 0 aliphatic carbocycles. The third-order valence-corrected chi connectivity index (χ3v) is 3.31. The third kappa shape index (κ3) is 3.58. The van der Waals surface area contributed by atoms with Crippen molar-refractivity contribution in [2.24, 2.45) is 5.73 Å². The second-order valence-electron chi connectivity index (χ2n) is 4.42. The van der Waals surface area contributed by atoms with Crippen molar-refractivity contribution < 1.29 is 14.6 Å². The van der Waals surface area contributed by atoms with Gasteiger partial charge in [0.15, 0.2) is 11.5 Å². The first-order valence-electron chi connectivity index (χ1n) is 6.20. The van der Waals surface area contributed by atoms with Crippen molar-refractivity contribution in [3.8, 4) is 11.5 Å². The second-order valence-corrected chi connectivity index (χ2v) is 4.83. The number of carbonyl (C=O) groups is 1. The largest absolute Gasteiger partial charge is 0.504 e. The van der Waals surface area contributed by atoms with Crippen molar-refractivity contribution in [1.29, 1.82) is 0 Å². The zero-order valence-corrected chi connectivity index (χ0v) is 12.1. The molecule has 1 amide bonds. The van der Waals surface area contributed by atoms with Crippen LogP contribution < -0.4 is 15.8 Å². The Morgan fingerprint density at radius 3 is 2.76 bits per heavy atom. The van der Waals surface area contributed by atoms with Crippen molar-refractivity contribution >= 4 is 23.2 Å². The van der Waals surface area contributed by atoms with Crippen LogP contribution in [0.1, 0.15) is 15.9 Å². The monoisotopic (exact) mass is 306 g/mol. The van der Waals surface area contributed by atoms with Gasteiger partial charge in [-0.2, -0.15) is 0 Å². The van der Waals surface area contributed by atoms with E-state index in [-0.39, 0.29) is 5.75 Å². The summed E-state index contributed by atoms with van der Waals surface area (Å²) in [6.45, 7) is 0.457. The summed E-state index contributed by atoms with van der Waals surface area (Å²) < 4.78 is 5.05. The lowest BCUT2D eigenvalue weighted by Crippen LogP contribution is -2.11. The number of methoxy groups -OCH3 is 1. The minimum atomic E-state index is -0.513. The molecule has 2 aromatic carbocycles. The van der Waals surface area contributed by atoms with E-state index in [2.05, 4.69) is 5.32 Å². The highest BCUT2D eigenvalue weighted by molar-refractivity contribution is 6.33.